The normalized spacial score (nSPS) is 16.7. The van der Waals surface area contributed by atoms with Gasteiger partial charge in [-0.15, -0.1) is 11.3 Å². The number of carbonyl (C=O) groups is 3. The molecule has 1 N–H and O–H groups in total. The van der Waals surface area contributed by atoms with E-state index >= 15 is 0 Å². The van der Waals surface area contributed by atoms with Gasteiger partial charge in [0.05, 0.1) is 5.00 Å². The Morgan fingerprint density at radius 2 is 1.96 bits per heavy atom. The molecule has 126 valence electrons. The van der Waals surface area contributed by atoms with Crippen molar-refractivity contribution < 1.29 is 19.1 Å². The molecular weight excluding hydrogens is 316 g/mol. The van der Waals surface area contributed by atoms with Gasteiger partial charge < -0.3 is 15.0 Å². The van der Waals surface area contributed by atoms with Crippen molar-refractivity contribution in [2.75, 3.05) is 18.4 Å². The molecule has 0 aliphatic carbocycles. The second-order valence-corrected chi connectivity index (χ2v) is 6.98. The lowest BCUT2D eigenvalue weighted by Gasteiger charge is -2.31. The number of piperidine rings is 1. The van der Waals surface area contributed by atoms with Crippen molar-refractivity contribution in [3.05, 3.63) is 17.0 Å². The molecule has 0 unspecified atom stereocenters. The van der Waals surface area contributed by atoms with E-state index in [1.54, 1.807) is 24.0 Å². The Morgan fingerprint density at radius 3 is 2.57 bits per heavy atom. The Hall–Kier alpha value is -1.89. The number of hydrogen-bond donors (Lipinski definition) is 1. The molecule has 2 rings (SSSR count). The molecule has 0 radical (unpaired) electrons. The van der Waals surface area contributed by atoms with Crippen LogP contribution in [0.15, 0.2) is 12.1 Å². The lowest BCUT2D eigenvalue weighted by atomic mass is 9.99. The van der Waals surface area contributed by atoms with Gasteiger partial charge in [-0.25, -0.2) is 4.79 Å². The van der Waals surface area contributed by atoms with Gasteiger partial charge in [0.2, 0.25) is 5.91 Å². The van der Waals surface area contributed by atoms with Crippen LogP contribution in [0.1, 0.15) is 43.3 Å². The highest BCUT2D eigenvalue weighted by Gasteiger charge is 2.27. The zero-order valence-electron chi connectivity index (χ0n) is 13.6. The van der Waals surface area contributed by atoms with Gasteiger partial charge in [-0.2, -0.15) is 0 Å². The molecule has 0 spiro atoms. The van der Waals surface area contributed by atoms with E-state index in [9.17, 15) is 14.4 Å². The molecule has 1 aromatic rings. The number of nitrogens with one attached hydrogen (secondary N) is 1. The first-order valence-corrected chi connectivity index (χ1v) is 8.55. The van der Waals surface area contributed by atoms with Gasteiger partial charge in [-0.3, -0.25) is 9.59 Å². The monoisotopic (exact) mass is 338 g/mol. The maximum Gasteiger partial charge on any atom is 0.349 e. The zero-order chi connectivity index (χ0) is 17.0. The Morgan fingerprint density at radius 1 is 1.30 bits per heavy atom. The van der Waals surface area contributed by atoms with Crippen LogP contribution < -0.4 is 5.32 Å². The van der Waals surface area contributed by atoms with Gasteiger partial charge in [0.1, 0.15) is 4.88 Å². The van der Waals surface area contributed by atoms with E-state index in [1.165, 1.54) is 6.92 Å². The average Bonchev–Trinajstić information content (AvgIpc) is 2.95. The van der Waals surface area contributed by atoms with Gasteiger partial charge in [0, 0.05) is 20.0 Å². The topological polar surface area (TPSA) is 75.7 Å². The minimum Gasteiger partial charge on any atom is -0.448 e. The summed E-state index contributed by atoms with van der Waals surface area (Å²) in [4.78, 5) is 37.5. The van der Waals surface area contributed by atoms with E-state index in [0.717, 1.165) is 24.2 Å². The third kappa shape index (κ3) is 4.79. The first-order valence-electron chi connectivity index (χ1n) is 7.74. The predicted octanol–water partition coefficient (Wildman–Crippen LogP) is 2.51. The second-order valence-electron chi connectivity index (χ2n) is 5.90. The summed E-state index contributed by atoms with van der Waals surface area (Å²) in [6.07, 6.45) is 1.16. The van der Waals surface area contributed by atoms with E-state index in [-0.39, 0.29) is 11.8 Å². The number of amides is 2. The standard InChI is InChI=1S/C16H22N2O4S/c1-10-6-8-18(9-7-10)15(20)11(2)22-16(21)13-4-5-14(23-13)17-12(3)19/h4-5,10-11H,6-9H2,1-3H3,(H,17,19)/t11-/m1/s1. The van der Waals surface area contributed by atoms with Crippen LogP contribution in [-0.2, 0) is 14.3 Å². The molecule has 2 heterocycles. The Kier molecular flexibility index (Phi) is 5.76. The third-order valence-corrected chi connectivity index (χ3v) is 4.81. The largest absolute Gasteiger partial charge is 0.448 e. The van der Waals surface area contributed by atoms with Crippen molar-refractivity contribution in [2.45, 2.75) is 39.7 Å². The van der Waals surface area contributed by atoms with Gasteiger partial charge in [-0.1, -0.05) is 6.92 Å². The highest BCUT2D eigenvalue weighted by atomic mass is 32.1. The van der Waals surface area contributed by atoms with Crippen LogP contribution in [0, 0.1) is 5.92 Å². The van der Waals surface area contributed by atoms with Crippen molar-refractivity contribution in [3.8, 4) is 0 Å². The molecule has 1 saturated heterocycles. The van der Waals surface area contributed by atoms with Crippen molar-refractivity contribution in [3.63, 3.8) is 0 Å². The van der Waals surface area contributed by atoms with Gasteiger partial charge in [-0.05, 0) is 37.8 Å². The maximum atomic E-state index is 12.3. The Bertz CT molecular complexity index is 591. The summed E-state index contributed by atoms with van der Waals surface area (Å²) in [5.74, 6) is -0.258. The lowest BCUT2D eigenvalue weighted by molar-refractivity contribution is -0.141. The fraction of sp³-hybridized carbons (Fsp3) is 0.562. The fourth-order valence-corrected chi connectivity index (χ4v) is 3.28. The maximum absolute atomic E-state index is 12.3. The SMILES string of the molecule is CC(=O)Nc1ccc(C(=O)O[C@H](C)C(=O)N2CCC(C)CC2)s1. The predicted molar refractivity (Wildman–Crippen MR) is 88.5 cm³/mol. The van der Waals surface area contributed by atoms with Crippen LogP contribution >= 0.6 is 11.3 Å². The van der Waals surface area contributed by atoms with E-state index in [2.05, 4.69) is 12.2 Å². The molecule has 7 heteroatoms. The van der Waals surface area contributed by atoms with Crippen LogP contribution in [0.4, 0.5) is 5.00 Å². The number of thiophene rings is 1. The van der Waals surface area contributed by atoms with Crippen LogP contribution in [-0.4, -0.2) is 41.9 Å². The van der Waals surface area contributed by atoms with E-state index in [0.29, 0.717) is 28.9 Å². The molecule has 23 heavy (non-hydrogen) atoms. The summed E-state index contributed by atoms with van der Waals surface area (Å²) in [6, 6.07) is 3.22. The number of nitrogens with zero attached hydrogens (tertiary/aromatic N) is 1. The van der Waals surface area contributed by atoms with E-state index < -0.39 is 12.1 Å². The summed E-state index contributed by atoms with van der Waals surface area (Å²) in [5.41, 5.74) is 0. The summed E-state index contributed by atoms with van der Waals surface area (Å²) >= 11 is 1.13. The number of carbonyl (C=O) groups excluding carboxylic acids is 3. The van der Waals surface area contributed by atoms with Crippen molar-refractivity contribution >= 4 is 34.1 Å². The Balaban J connectivity index is 1.90. The quantitative estimate of drug-likeness (QED) is 0.856. The van der Waals surface area contributed by atoms with Crippen LogP contribution in [0.5, 0.6) is 0 Å². The smallest absolute Gasteiger partial charge is 0.349 e. The molecule has 0 saturated carbocycles. The molecule has 6 nitrogen and oxygen atoms in total. The van der Waals surface area contributed by atoms with Gasteiger partial charge in [0.25, 0.3) is 5.91 Å². The third-order valence-electron chi connectivity index (χ3n) is 3.83. The molecule has 2 amide bonds. The summed E-state index contributed by atoms with van der Waals surface area (Å²) in [7, 11) is 0. The highest BCUT2D eigenvalue weighted by molar-refractivity contribution is 7.18. The first kappa shape index (κ1) is 17.5. The first-order chi connectivity index (χ1) is 10.9. The fourth-order valence-electron chi connectivity index (χ4n) is 2.44. The Labute approximate surface area is 139 Å². The van der Waals surface area contributed by atoms with Crippen molar-refractivity contribution in [2.24, 2.45) is 5.92 Å². The minimum absolute atomic E-state index is 0.149. The van der Waals surface area contributed by atoms with E-state index in [1.807, 2.05) is 0 Å². The number of anilines is 1. The minimum atomic E-state index is -0.803. The molecule has 0 bridgehead atoms. The van der Waals surface area contributed by atoms with Crippen molar-refractivity contribution in [1.29, 1.82) is 0 Å². The molecule has 1 aromatic heterocycles. The second kappa shape index (κ2) is 7.59. The molecule has 1 fully saturated rings. The van der Waals surface area contributed by atoms with Crippen molar-refractivity contribution in [1.82, 2.24) is 4.90 Å². The zero-order valence-corrected chi connectivity index (χ0v) is 14.4. The summed E-state index contributed by atoms with van der Waals surface area (Å²) < 4.78 is 5.26. The number of ether oxygens (including phenoxy) is 1. The number of esters is 1. The molecule has 0 aromatic carbocycles. The number of hydrogen-bond acceptors (Lipinski definition) is 5. The summed E-state index contributed by atoms with van der Waals surface area (Å²) in [6.45, 7) is 6.61. The van der Waals surface area contributed by atoms with E-state index in [4.69, 9.17) is 4.74 Å². The van der Waals surface area contributed by atoms with Gasteiger partial charge in [0.15, 0.2) is 6.10 Å². The lowest BCUT2D eigenvalue weighted by Crippen LogP contribution is -2.44. The molecular formula is C16H22N2O4S. The summed E-state index contributed by atoms with van der Waals surface area (Å²) in [5, 5.41) is 3.19. The molecule has 1 atom stereocenters. The molecule has 1 aliphatic rings. The van der Waals surface area contributed by atoms with Gasteiger partial charge >= 0.3 is 5.97 Å². The highest BCUT2D eigenvalue weighted by Crippen LogP contribution is 2.23. The average molecular weight is 338 g/mol. The van der Waals surface area contributed by atoms with Crippen LogP contribution in [0.2, 0.25) is 0 Å². The molecule has 1 aliphatic heterocycles. The van der Waals surface area contributed by atoms with Crippen LogP contribution in [0.25, 0.3) is 0 Å². The van der Waals surface area contributed by atoms with Crippen LogP contribution in [0.3, 0.4) is 0 Å². The number of likely N-dealkylation sites (tertiary alicyclic amines) is 1. The number of rotatable bonds is 4.